The highest BCUT2D eigenvalue weighted by Gasteiger charge is 2.32. The van der Waals surface area contributed by atoms with E-state index in [0.29, 0.717) is 39.1 Å². The van der Waals surface area contributed by atoms with E-state index in [1.54, 1.807) is 16.7 Å². The van der Waals surface area contributed by atoms with Gasteiger partial charge in [-0.05, 0) is 43.4 Å². The van der Waals surface area contributed by atoms with Crippen LogP contribution in [0.15, 0.2) is 38.9 Å². The van der Waals surface area contributed by atoms with Crippen LogP contribution in [0.2, 0.25) is 0 Å². The molecule has 2 aliphatic carbocycles. The van der Waals surface area contributed by atoms with Crippen molar-refractivity contribution in [1.82, 2.24) is 19.5 Å². The summed E-state index contributed by atoms with van der Waals surface area (Å²) in [6, 6.07) is 7.14. The average molecular weight is 409 g/mol. The Bertz CT molecular complexity index is 1240. The van der Waals surface area contributed by atoms with Crippen LogP contribution in [0, 0.1) is 0 Å². The lowest BCUT2D eigenvalue weighted by atomic mass is 10.1. The minimum absolute atomic E-state index is 0.1000. The van der Waals surface area contributed by atoms with Crippen LogP contribution in [0.25, 0.3) is 11.0 Å². The summed E-state index contributed by atoms with van der Waals surface area (Å²) >= 11 is 1.43. The number of amides is 1. The van der Waals surface area contributed by atoms with Gasteiger partial charge in [-0.1, -0.05) is 12.1 Å². The van der Waals surface area contributed by atoms with E-state index in [9.17, 15) is 14.4 Å². The van der Waals surface area contributed by atoms with Gasteiger partial charge in [0.25, 0.3) is 5.56 Å². The van der Waals surface area contributed by atoms with E-state index in [1.807, 2.05) is 12.1 Å². The second kappa shape index (κ2) is 6.84. The largest absolute Gasteiger partial charge is 0.366 e. The Kier molecular flexibility index (Phi) is 4.27. The standard InChI is InChI=1S/C20H19N5O3S/c21-15(26)11-3-1-10(2-4-11)9-29-19-14-17(22-16(23-19)12-5-6-12)25(13-7-8-13)20(28)24-18(14)27/h1-4,12-13H,5-9H2,(H2,21,26)(H,24,27,28). The molecule has 2 aromatic heterocycles. The number of H-pyrrole nitrogens is 1. The zero-order chi connectivity index (χ0) is 20.1. The number of nitrogens with two attached hydrogens (primary N) is 1. The predicted molar refractivity (Wildman–Crippen MR) is 109 cm³/mol. The SMILES string of the molecule is NC(=O)c1ccc(CSc2nc(C3CC3)nc3c2c(=O)[nH]c(=O)n3C2CC2)cc1. The number of fused-ring (bicyclic) bond motifs is 1. The van der Waals surface area contributed by atoms with Crippen LogP contribution in [-0.4, -0.2) is 25.4 Å². The van der Waals surface area contributed by atoms with Crippen LogP contribution in [0.1, 0.15) is 59.4 Å². The summed E-state index contributed by atoms with van der Waals surface area (Å²) < 4.78 is 1.62. The van der Waals surface area contributed by atoms with Gasteiger partial charge in [0.1, 0.15) is 16.2 Å². The van der Waals surface area contributed by atoms with Crippen molar-refractivity contribution in [2.24, 2.45) is 5.73 Å². The second-order valence-electron chi connectivity index (χ2n) is 7.57. The average Bonchev–Trinajstić information content (AvgIpc) is 3.59. The highest BCUT2D eigenvalue weighted by atomic mass is 32.2. The number of hydrogen-bond acceptors (Lipinski definition) is 6. The van der Waals surface area contributed by atoms with Crippen molar-refractivity contribution in [3.05, 3.63) is 62.1 Å². The molecular formula is C20H19N5O3S. The van der Waals surface area contributed by atoms with E-state index in [0.717, 1.165) is 31.2 Å². The number of aromatic amines is 1. The first-order valence-corrected chi connectivity index (χ1v) is 10.6. The molecule has 29 heavy (non-hydrogen) atoms. The first-order valence-electron chi connectivity index (χ1n) is 9.59. The number of thioether (sulfide) groups is 1. The minimum Gasteiger partial charge on any atom is -0.366 e. The van der Waals surface area contributed by atoms with Crippen molar-refractivity contribution in [1.29, 1.82) is 0 Å². The van der Waals surface area contributed by atoms with E-state index in [1.165, 1.54) is 11.8 Å². The van der Waals surface area contributed by atoms with Gasteiger partial charge in [-0.15, -0.1) is 11.8 Å². The highest BCUT2D eigenvalue weighted by molar-refractivity contribution is 7.98. The third-order valence-corrected chi connectivity index (χ3v) is 6.28. The zero-order valence-corrected chi connectivity index (χ0v) is 16.4. The zero-order valence-electron chi connectivity index (χ0n) is 15.6. The molecule has 2 fully saturated rings. The number of rotatable bonds is 6. The molecule has 0 saturated heterocycles. The van der Waals surface area contributed by atoms with Crippen molar-refractivity contribution in [2.45, 2.75) is 48.4 Å². The van der Waals surface area contributed by atoms with E-state index in [-0.39, 0.29) is 6.04 Å². The Morgan fingerprint density at radius 3 is 2.48 bits per heavy atom. The van der Waals surface area contributed by atoms with Crippen LogP contribution in [-0.2, 0) is 5.75 Å². The molecule has 3 aromatic rings. The van der Waals surface area contributed by atoms with Gasteiger partial charge in [-0.3, -0.25) is 19.1 Å². The summed E-state index contributed by atoms with van der Waals surface area (Å²) in [6.07, 6.45) is 3.89. The molecule has 0 radical (unpaired) electrons. The molecule has 0 bridgehead atoms. The Morgan fingerprint density at radius 2 is 1.86 bits per heavy atom. The first kappa shape index (κ1) is 18.1. The molecule has 5 rings (SSSR count). The van der Waals surface area contributed by atoms with Gasteiger partial charge < -0.3 is 5.73 Å². The monoisotopic (exact) mass is 409 g/mol. The lowest BCUT2D eigenvalue weighted by molar-refractivity contribution is 0.100. The summed E-state index contributed by atoms with van der Waals surface area (Å²) in [7, 11) is 0. The number of aromatic nitrogens is 4. The molecule has 2 aliphatic rings. The fourth-order valence-electron chi connectivity index (χ4n) is 3.35. The Morgan fingerprint density at radius 1 is 1.14 bits per heavy atom. The fourth-order valence-corrected chi connectivity index (χ4v) is 4.33. The van der Waals surface area contributed by atoms with E-state index in [4.69, 9.17) is 5.73 Å². The van der Waals surface area contributed by atoms with Crippen LogP contribution in [0.4, 0.5) is 0 Å². The number of carbonyl (C=O) groups excluding carboxylic acids is 1. The Hall–Kier alpha value is -2.94. The summed E-state index contributed by atoms with van der Waals surface area (Å²) in [6.45, 7) is 0. The third-order valence-electron chi connectivity index (χ3n) is 5.24. The molecule has 3 N–H and O–H groups in total. The van der Waals surface area contributed by atoms with Gasteiger partial charge in [-0.2, -0.15) is 0 Å². The van der Waals surface area contributed by atoms with Crippen molar-refractivity contribution in [3.63, 3.8) is 0 Å². The molecule has 2 saturated carbocycles. The third kappa shape index (κ3) is 3.46. The maximum Gasteiger partial charge on any atom is 0.330 e. The van der Waals surface area contributed by atoms with Crippen LogP contribution in [0.5, 0.6) is 0 Å². The fraction of sp³-hybridized carbons (Fsp3) is 0.350. The number of benzene rings is 1. The van der Waals surface area contributed by atoms with Crippen LogP contribution < -0.4 is 17.0 Å². The van der Waals surface area contributed by atoms with Crippen LogP contribution >= 0.6 is 11.8 Å². The van der Waals surface area contributed by atoms with Gasteiger partial charge in [0, 0.05) is 23.3 Å². The van der Waals surface area contributed by atoms with Crippen molar-refractivity contribution in [3.8, 4) is 0 Å². The van der Waals surface area contributed by atoms with Gasteiger partial charge in [-0.25, -0.2) is 14.8 Å². The van der Waals surface area contributed by atoms with Gasteiger partial charge in [0.2, 0.25) is 5.91 Å². The quantitative estimate of drug-likeness (QED) is 0.474. The predicted octanol–water partition coefficient (Wildman–Crippen LogP) is 2.08. The van der Waals surface area contributed by atoms with Crippen molar-refractivity contribution >= 4 is 28.7 Å². The summed E-state index contributed by atoms with van der Waals surface area (Å²) in [5.41, 5.74) is 6.32. The number of nitrogens with zero attached hydrogens (tertiary/aromatic N) is 3. The molecule has 0 aliphatic heterocycles. The number of carbonyl (C=O) groups is 1. The van der Waals surface area contributed by atoms with Crippen LogP contribution in [0.3, 0.4) is 0 Å². The highest BCUT2D eigenvalue weighted by Crippen LogP contribution is 2.41. The van der Waals surface area contributed by atoms with Crippen molar-refractivity contribution in [2.75, 3.05) is 0 Å². The summed E-state index contributed by atoms with van der Waals surface area (Å²) in [4.78, 5) is 48.0. The van der Waals surface area contributed by atoms with E-state index >= 15 is 0 Å². The van der Waals surface area contributed by atoms with Gasteiger partial charge in [0.05, 0.1) is 0 Å². The molecule has 0 spiro atoms. The lowest BCUT2D eigenvalue weighted by Gasteiger charge is -2.12. The molecule has 8 nitrogen and oxygen atoms in total. The Balaban J connectivity index is 1.57. The molecule has 9 heteroatoms. The molecule has 0 atom stereocenters. The molecule has 0 unspecified atom stereocenters. The van der Waals surface area contributed by atoms with Gasteiger partial charge >= 0.3 is 5.69 Å². The van der Waals surface area contributed by atoms with Gasteiger partial charge in [0.15, 0.2) is 5.65 Å². The topological polar surface area (TPSA) is 124 Å². The van der Waals surface area contributed by atoms with Crippen molar-refractivity contribution < 1.29 is 4.79 Å². The minimum atomic E-state index is -0.468. The smallest absolute Gasteiger partial charge is 0.330 e. The molecule has 2 heterocycles. The maximum atomic E-state index is 12.6. The lowest BCUT2D eigenvalue weighted by Crippen LogP contribution is -2.31. The molecule has 1 aromatic carbocycles. The maximum absolute atomic E-state index is 12.6. The second-order valence-corrected chi connectivity index (χ2v) is 8.53. The first-order chi connectivity index (χ1) is 14.0. The number of primary amides is 1. The van der Waals surface area contributed by atoms with E-state index < -0.39 is 17.2 Å². The molecule has 148 valence electrons. The molecular weight excluding hydrogens is 390 g/mol. The summed E-state index contributed by atoms with van der Waals surface area (Å²) in [5.74, 6) is 1.11. The molecule has 1 amide bonds. The van der Waals surface area contributed by atoms with E-state index in [2.05, 4.69) is 15.0 Å². The Labute approximate surface area is 169 Å². The number of hydrogen-bond donors (Lipinski definition) is 2. The normalized spacial score (nSPS) is 16.3. The summed E-state index contributed by atoms with van der Waals surface area (Å²) in [5, 5.41) is 0.964. The number of nitrogens with one attached hydrogen (secondary N) is 1.